The van der Waals surface area contributed by atoms with E-state index in [1.165, 1.54) is 32.1 Å². The van der Waals surface area contributed by atoms with Crippen molar-refractivity contribution in [3.05, 3.63) is 11.8 Å². The van der Waals surface area contributed by atoms with E-state index in [1.54, 1.807) is 0 Å². The smallest absolute Gasteiger partial charge is 0.0930 e. The van der Waals surface area contributed by atoms with Crippen LogP contribution >= 0.6 is 0 Å². The summed E-state index contributed by atoms with van der Waals surface area (Å²) in [4.78, 5) is 0. The summed E-state index contributed by atoms with van der Waals surface area (Å²) in [5.41, 5.74) is 0.447. The highest BCUT2D eigenvalue weighted by molar-refractivity contribution is 4.87. The average molecular weight is 182 g/mol. The molecule has 0 aromatic heterocycles. The summed E-state index contributed by atoms with van der Waals surface area (Å²) >= 11 is 0. The van der Waals surface area contributed by atoms with Crippen molar-refractivity contribution in [3.8, 4) is 0 Å². The van der Waals surface area contributed by atoms with Gasteiger partial charge in [-0.2, -0.15) is 0 Å². The monoisotopic (exact) mass is 182 g/mol. The first-order valence-electron chi connectivity index (χ1n) is 5.42. The topological polar surface area (TPSA) is 9.23 Å². The van der Waals surface area contributed by atoms with Crippen LogP contribution < -0.4 is 0 Å². The van der Waals surface area contributed by atoms with E-state index in [-0.39, 0.29) is 0 Å². The van der Waals surface area contributed by atoms with Crippen molar-refractivity contribution < 1.29 is 4.74 Å². The lowest BCUT2D eigenvalue weighted by atomic mass is 9.76. The van der Waals surface area contributed by atoms with Crippen LogP contribution in [0.1, 0.15) is 52.9 Å². The Labute approximate surface area is 82.2 Å². The molecule has 1 aliphatic carbocycles. The third-order valence-electron chi connectivity index (χ3n) is 3.12. The van der Waals surface area contributed by atoms with Crippen molar-refractivity contribution in [1.82, 2.24) is 0 Å². The first-order valence-corrected chi connectivity index (χ1v) is 5.42. The SMILES string of the molecule is CC=C(C)OCC1(C)CCCCC1. The maximum atomic E-state index is 5.69. The molecule has 13 heavy (non-hydrogen) atoms. The second-order valence-corrected chi connectivity index (χ2v) is 4.56. The van der Waals surface area contributed by atoms with E-state index >= 15 is 0 Å². The van der Waals surface area contributed by atoms with Gasteiger partial charge in [0.25, 0.3) is 0 Å². The Morgan fingerprint density at radius 1 is 1.31 bits per heavy atom. The van der Waals surface area contributed by atoms with Gasteiger partial charge in [0.15, 0.2) is 0 Å². The van der Waals surface area contributed by atoms with Gasteiger partial charge in [-0.3, -0.25) is 0 Å². The molecule has 0 aromatic rings. The van der Waals surface area contributed by atoms with Gasteiger partial charge < -0.3 is 4.74 Å². The van der Waals surface area contributed by atoms with Gasteiger partial charge in [0.2, 0.25) is 0 Å². The molecule has 0 N–H and O–H groups in total. The van der Waals surface area contributed by atoms with E-state index < -0.39 is 0 Å². The Bertz CT molecular complexity index is 176. The van der Waals surface area contributed by atoms with Gasteiger partial charge in [-0.15, -0.1) is 0 Å². The number of ether oxygens (including phenoxy) is 1. The first kappa shape index (κ1) is 10.6. The van der Waals surface area contributed by atoms with Gasteiger partial charge in [0.1, 0.15) is 0 Å². The van der Waals surface area contributed by atoms with Crippen molar-refractivity contribution in [2.45, 2.75) is 52.9 Å². The minimum Gasteiger partial charge on any atom is -0.498 e. The second-order valence-electron chi connectivity index (χ2n) is 4.56. The molecule has 0 unspecified atom stereocenters. The van der Waals surface area contributed by atoms with Crippen LogP contribution in [-0.4, -0.2) is 6.61 Å². The molecule has 0 heterocycles. The molecule has 0 radical (unpaired) electrons. The summed E-state index contributed by atoms with van der Waals surface area (Å²) < 4.78 is 5.69. The Morgan fingerprint density at radius 3 is 2.46 bits per heavy atom. The van der Waals surface area contributed by atoms with Crippen LogP contribution in [0.3, 0.4) is 0 Å². The molecule has 76 valence electrons. The number of allylic oxidation sites excluding steroid dienone is 2. The second kappa shape index (κ2) is 4.69. The summed E-state index contributed by atoms with van der Waals surface area (Å²) in [6, 6.07) is 0. The van der Waals surface area contributed by atoms with Crippen LogP contribution in [0.5, 0.6) is 0 Å². The van der Waals surface area contributed by atoms with Crippen LogP contribution in [0.2, 0.25) is 0 Å². The minimum atomic E-state index is 0.447. The van der Waals surface area contributed by atoms with Crippen molar-refractivity contribution in [3.63, 3.8) is 0 Å². The lowest BCUT2D eigenvalue weighted by Gasteiger charge is -2.33. The normalized spacial score (nSPS) is 22.8. The van der Waals surface area contributed by atoms with E-state index in [0.29, 0.717) is 5.41 Å². The first-order chi connectivity index (χ1) is 6.16. The van der Waals surface area contributed by atoms with E-state index in [9.17, 15) is 0 Å². The maximum Gasteiger partial charge on any atom is 0.0930 e. The van der Waals surface area contributed by atoms with E-state index in [2.05, 4.69) is 6.92 Å². The summed E-state index contributed by atoms with van der Waals surface area (Å²) in [5.74, 6) is 1.06. The molecular weight excluding hydrogens is 160 g/mol. The Kier molecular flexibility index (Phi) is 3.83. The maximum absolute atomic E-state index is 5.69. The van der Waals surface area contributed by atoms with Crippen molar-refractivity contribution in [1.29, 1.82) is 0 Å². The summed E-state index contributed by atoms with van der Waals surface area (Å²) in [6.07, 6.45) is 8.89. The average Bonchev–Trinajstić information content (AvgIpc) is 2.15. The zero-order valence-electron chi connectivity index (χ0n) is 9.23. The predicted octanol–water partition coefficient (Wildman–Crippen LogP) is 3.90. The molecule has 0 aliphatic heterocycles. The van der Waals surface area contributed by atoms with Gasteiger partial charge >= 0.3 is 0 Å². The quantitative estimate of drug-likeness (QED) is 0.601. The molecule has 0 amide bonds. The van der Waals surface area contributed by atoms with Crippen molar-refractivity contribution in [2.75, 3.05) is 6.61 Å². The molecule has 1 saturated carbocycles. The number of rotatable bonds is 3. The van der Waals surface area contributed by atoms with Crippen LogP contribution in [0.4, 0.5) is 0 Å². The summed E-state index contributed by atoms with van der Waals surface area (Å²) in [6.45, 7) is 7.32. The Morgan fingerprint density at radius 2 is 1.92 bits per heavy atom. The van der Waals surface area contributed by atoms with Crippen molar-refractivity contribution >= 4 is 0 Å². The largest absolute Gasteiger partial charge is 0.498 e. The molecule has 0 atom stereocenters. The van der Waals surface area contributed by atoms with E-state index in [1.807, 2.05) is 19.9 Å². The third-order valence-corrected chi connectivity index (χ3v) is 3.12. The van der Waals surface area contributed by atoms with Gasteiger partial charge in [-0.25, -0.2) is 0 Å². The fourth-order valence-electron chi connectivity index (χ4n) is 1.92. The Balaban J connectivity index is 2.33. The molecule has 0 aromatic carbocycles. The standard InChI is InChI=1S/C12H22O/c1-4-11(2)13-10-12(3)8-6-5-7-9-12/h4H,5-10H2,1-3H3. The fourth-order valence-corrected chi connectivity index (χ4v) is 1.92. The molecular formula is C12H22O. The third kappa shape index (κ3) is 3.41. The lowest BCUT2D eigenvalue weighted by molar-refractivity contribution is 0.0715. The molecule has 1 fully saturated rings. The molecule has 1 rings (SSSR count). The van der Waals surface area contributed by atoms with Crippen LogP contribution in [0.15, 0.2) is 11.8 Å². The van der Waals surface area contributed by atoms with E-state index in [4.69, 9.17) is 4.74 Å². The molecule has 0 saturated heterocycles. The Hall–Kier alpha value is -0.460. The fraction of sp³-hybridized carbons (Fsp3) is 0.833. The van der Waals surface area contributed by atoms with Crippen molar-refractivity contribution in [2.24, 2.45) is 5.41 Å². The van der Waals surface area contributed by atoms with E-state index in [0.717, 1.165) is 12.4 Å². The number of hydrogen-bond acceptors (Lipinski definition) is 1. The zero-order chi connectivity index (χ0) is 9.73. The van der Waals surface area contributed by atoms with Gasteiger partial charge in [0, 0.05) is 5.41 Å². The predicted molar refractivity (Wildman–Crippen MR) is 56.6 cm³/mol. The minimum absolute atomic E-state index is 0.447. The van der Waals surface area contributed by atoms with Gasteiger partial charge in [-0.05, 0) is 26.7 Å². The lowest BCUT2D eigenvalue weighted by Crippen LogP contribution is -2.25. The molecule has 0 bridgehead atoms. The molecule has 1 aliphatic rings. The number of hydrogen-bond donors (Lipinski definition) is 0. The van der Waals surface area contributed by atoms with Crippen LogP contribution in [-0.2, 0) is 4.74 Å². The summed E-state index contributed by atoms with van der Waals surface area (Å²) in [5, 5.41) is 0. The van der Waals surface area contributed by atoms with Gasteiger partial charge in [-0.1, -0.05) is 32.3 Å². The zero-order valence-corrected chi connectivity index (χ0v) is 9.23. The molecule has 1 nitrogen and oxygen atoms in total. The van der Waals surface area contributed by atoms with Gasteiger partial charge in [0.05, 0.1) is 12.4 Å². The highest BCUT2D eigenvalue weighted by Gasteiger charge is 2.27. The molecule has 0 spiro atoms. The highest BCUT2D eigenvalue weighted by atomic mass is 16.5. The molecule has 1 heteroatoms. The highest BCUT2D eigenvalue weighted by Crippen LogP contribution is 2.36. The van der Waals surface area contributed by atoms with Crippen LogP contribution in [0, 0.1) is 5.41 Å². The summed E-state index contributed by atoms with van der Waals surface area (Å²) in [7, 11) is 0. The van der Waals surface area contributed by atoms with Crippen LogP contribution in [0.25, 0.3) is 0 Å².